The summed E-state index contributed by atoms with van der Waals surface area (Å²) in [5.74, 6) is 0.544. The molecule has 4 atom stereocenters. The number of morpholine rings is 1. The highest BCUT2D eigenvalue weighted by molar-refractivity contribution is 6.31. The molecule has 4 heterocycles. The van der Waals surface area contributed by atoms with Crippen LogP contribution >= 0.6 is 0 Å². The molecule has 0 amide bonds. The molecule has 200 valence electrons. The van der Waals surface area contributed by atoms with E-state index in [1.165, 1.54) is 11.3 Å². The quantitative estimate of drug-likeness (QED) is 0.490. The number of anilines is 2. The highest BCUT2D eigenvalue weighted by Crippen LogP contribution is 2.33. The summed E-state index contributed by atoms with van der Waals surface area (Å²) in [6.07, 6.45) is 0.312. The van der Waals surface area contributed by atoms with Gasteiger partial charge in [-0.15, -0.1) is 0 Å². The molecule has 3 aromatic rings. The van der Waals surface area contributed by atoms with Gasteiger partial charge in [-0.3, -0.25) is 9.88 Å². The zero-order valence-corrected chi connectivity index (χ0v) is 22.7. The average molecular weight is 522 g/mol. The molecule has 3 fully saturated rings. The molecule has 9 heteroatoms. The molecule has 2 N–H and O–H groups in total. The Morgan fingerprint density at radius 2 is 1.82 bits per heavy atom. The Kier molecular flexibility index (Phi) is 7.21. The Labute approximate surface area is 231 Å². The van der Waals surface area contributed by atoms with E-state index in [0.717, 1.165) is 56.9 Å². The van der Waals surface area contributed by atoms with Crippen molar-refractivity contribution in [2.45, 2.75) is 37.2 Å². The van der Waals surface area contributed by atoms with Crippen molar-refractivity contribution in [3.63, 3.8) is 0 Å². The molecule has 2 radical (unpaired) electrons. The van der Waals surface area contributed by atoms with Gasteiger partial charge >= 0.3 is 0 Å². The van der Waals surface area contributed by atoms with Crippen LogP contribution in [0, 0.1) is 11.3 Å². The third kappa shape index (κ3) is 5.22. The van der Waals surface area contributed by atoms with E-state index in [9.17, 15) is 5.26 Å². The molecule has 3 aliphatic rings. The van der Waals surface area contributed by atoms with Crippen LogP contribution in [0.15, 0.2) is 48.5 Å². The number of hydrogen-bond donors (Lipinski definition) is 1. The molecule has 3 saturated heterocycles. The van der Waals surface area contributed by atoms with Crippen LogP contribution in [0.1, 0.15) is 24.0 Å². The SMILES string of the molecule is [B]c1ccc2c(N3C[C@H](CN4CC(c5ccc(N6C[C@H](OC)[C@@H](N)C6)cc5)C4)O[C@H](C)C3)ccc(C#N)c2n1. The number of rotatable bonds is 6. The maximum Gasteiger partial charge on any atom is 0.141 e. The van der Waals surface area contributed by atoms with Crippen molar-refractivity contribution in [3.05, 3.63) is 59.7 Å². The molecule has 0 unspecified atom stereocenters. The first-order valence-electron chi connectivity index (χ1n) is 13.8. The molecule has 1 aromatic heterocycles. The van der Waals surface area contributed by atoms with Crippen molar-refractivity contribution in [1.29, 1.82) is 5.26 Å². The van der Waals surface area contributed by atoms with Crippen molar-refractivity contribution in [2.75, 3.05) is 62.7 Å². The molecule has 0 aliphatic carbocycles. The summed E-state index contributed by atoms with van der Waals surface area (Å²) in [7, 11) is 7.67. The number of aromatic nitrogens is 1. The van der Waals surface area contributed by atoms with Crippen molar-refractivity contribution in [3.8, 4) is 6.07 Å². The first-order chi connectivity index (χ1) is 18.9. The fourth-order valence-electron chi connectivity index (χ4n) is 6.36. The Hall–Kier alpha value is -3.16. The van der Waals surface area contributed by atoms with E-state index in [1.54, 1.807) is 13.2 Å². The van der Waals surface area contributed by atoms with Gasteiger partial charge < -0.3 is 25.0 Å². The minimum Gasteiger partial charge on any atom is -0.378 e. The first kappa shape index (κ1) is 26.1. The van der Waals surface area contributed by atoms with Gasteiger partial charge in [0.1, 0.15) is 13.9 Å². The van der Waals surface area contributed by atoms with Crippen molar-refractivity contribution in [1.82, 2.24) is 9.88 Å². The lowest BCUT2D eigenvalue weighted by atomic mass is 9.91. The van der Waals surface area contributed by atoms with Gasteiger partial charge in [0.15, 0.2) is 0 Å². The van der Waals surface area contributed by atoms with Gasteiger partial charge in [0, 0.05) is 75.6 Å². The monoisotopic (exact) mass is 522 g/mol. The maximum atomic E-state index is 9.56. The smallest absolute Gasteiger partial charge is 0.141 e. The lowest BCUT2D eigenvalue weighted by Crippen LogP contribution is -2.55. The number of ether oxygens (including phenoxy) is 2. The number of nitrogens with two attached hydrogens (primary N) is 1. The summed E-state index contributed by atoms with van der Waals surface area (Å²) in [6.45, 7) is 8.37. The highest BCUT2D eigenvalue weighted by Gasteiger charge is 2.34. The summed E-state index contributed by atoms with van der Waals surface area (Å²) in [5, 5.41) is 10.5. The van der Waals surface area contributed by atoms with E-state index in [1.807, 2.05) is 18.2 Å². The Balaban J connectivity index is 1.07. The summed E-state index contributed by atoms with van der Waals surface area (Å²) in [5.41, 5.74) is 11.5. The molecular formula is C30H35BN6O2. The van der Waals surface area contributed by atoms with E-state index < -0.39 is 0 Å². The minimum absolute atomic E-state index is 0.0570. The van der Waals surface area contributed by atoms with Crippen LogP contribution in [0.2, 0.25) is 0 Å². The van der Waals surface area contributed by atoms with Gasteiger partial charge in [-0.1, -0.05) is 18.2 Å². The number of nitriles is 1. The lowest BCUT2D eigenvalue weighted by Gasteiger charge is -2.45. The average Bonchev–Trinajstić information content (AvgIpc) is 3.30. The standard InChI is InChI=1S/C30H35BN6O2/c1-19-12-37(27-9-5-21(11-32)30-25(27)8-10-29(31)34-30)16-24(39-19)15-35-13-22(14-35)20-3-6-23(7-4-20)36-17-26(33)28(18-36)38-2/h3-10,19,22,24,26,28H,12-18,33H2,1-2H3/t19-,24+,26+,28+/m1/s1. The number of fused-ring (bicyclic) bond motifs is 1. The molecule has 3 aliphatic heterocycles. The number of methoxy groups -OCH3 is 1. The third-order valence-electron chi connectivity index (χ3n) is 8.40. The van der Waals surface area contributed by atoms with Crippen LogP contribution in [-0.2, 0) is 9.47 Å². The van der Waals surface area contributed by atoms with Crippen LogP contribution in [0.4, 0.5) is 11.4 Å². The fraction of sp³-hybridized carbons (Fsp3) is 0.467. The van der Waals surface area contributed by atoms with E-state index in [-0.39, 0.29) is 24.4 Å². The minimum atomic E-state index is 0.0570. The van der Waals surface area contributed by atoms with Crippen LogP contribution < -0.4 is 21.1 Å². The van der Waals surface area contributed by atoms with Gasteiger partial charge in [-0.2, -0.15) is 5.26 Å². The Morgan fingerprint density at radius 1 is 1.03 bits per heavy atom. The molecule has 0 bridgehead atoms. The van der Waals surface area contributed by atoms with E-state index in [0.29, 0.717) is 22.6 Å². The second-order valence-electron chi connectivity index (χ2n) is 11.2. The predicted octanol–water partition coefficient (Wildman–Crippen LogP) is 1.76. The summed E-state index contributed by atoms with van der Waals surface area (Å²) < 4.78 is 11.9. The number of nitrogens with zero attached hydrogens (tertiary/aromatic N) is 5. The molecular weight excluding hydrogens is 487 g/mol. The molecule has 6 rings (SSSR count). The molecule has 0 spiro atoms. The third-order valence-corrected chi connectivity index (χ3v) is 8.40. The topological polar surface area (TPSA) is 90.9 Å². The van der Waals surface area contributed by atoms with Gasteiger partial charge in [0.25, 0.3) is 0 Å². The van der Waals surface area contributed by atoms with E-state index in [4.69, 9.17) is 23.1 Å². The van der Waals surface area contributed by atoms with Crippen LogP contribution in [0.5, 0.6) is 0 Å². The number of hydrogen-bond acceptors (Lipinski definition) is 8. The number of likely N-dealkylation sites (tertiary alicyclic amines) is 1. The number of pyridine rings is 1. The van der Waals surface area contributed by atoms with Crippen molar-refractivity contribution < 1.29 is 9.47 Å². The zero-order chi connectivity index (χ0) is 27.1. The van der Waals surface area contributed by atoms with E-state index in [2.05, 4.69) is 56.9 Å². The van der Waals surface area contributed by atoms with Gasteiger partial charge in [-0.05, 0) is 48.4 Å². The van der Waals surface area contributed by atoms with Crippen LogP contribution in [0.25, 0.3) is 10.9 Å². The summed E-state index contributed by atoms with van der Waals surface area (Å²) in [6, 6.07) is 18.9. The van der Waals surface area contributed by atoms with Gasteiger partial charge in [-0.25, -0.2) is 0 Å². The van der Waals surface area contributed by atoms with E-state index >= 15 is 0 Å². The van der Waals surface area contributed by atoms with Crippen molar-refractivity contribution >= 4 is 35.7 Å². The first-order valence-corrected chi connectivity index (χ1v) is 13.8. The Bertz CT molecular complexity index is 1370. The summed E-state index contributed by atoms with van der Waals surface area (Å²) in [4.78, 5) is 11.6. The maximum absolute atomic E-state index is 9.56. The second kappa shape index (κ2) is 10.8. The largest absolute Gasteiger partial charge is 0.378 e. The highest BCUT2D eigenvalue weighted by atomic mass is 16.5. The fourth-order valence-corrected chi connectivity index (χ4v) is 6.36. The molecule has 39 heavy (non-hydrogen) atoms. The van der Waals surface area contributed by atoms with Crippen LogP contribution in [-0.4, -0.2) is 95.0 Å². The molecule has 0 saturated carbocycles. The normalized spacial score (nSPS) is 26.1. The second-order valence-corrected chi connectivity index (χ2v) is 11.2. The number of benzene rings is 2. The summed E-state index contributed by atoms with van der Waals surface area (Å²) >= 11 is 0. The Morgan fingerprint density at radius 3 is 2.54 bits per heavy atom. The van der Waals surface area contributed by atoms with Gasteiger partial charge in [0.05, 0.1) is 35.4 Å². The van der Waals surface area contributed by atoms with Crippen molar-refractivity contribution in [2.24, 2.45) is 5.73 Å². The molecule has 8 nitrogen and oxygen atoms in total. The predicted molar refractivity (Wildman–Crippen MR) is 155 cm³/mol. The lowest BCUT2D eigenvalue weighted by molar-refractivity contribution is -0.0434. The molecule has 2 aromatic carbocycles. The van der Waals surface area contributed by atoms with Gasteiger partial charge in [0.2, 0.25) is 0 Å². The zero-order valence-electron chi connectivity index (χ0n) is 22.7. The van der Waals surface area contributed by atoms with Crippen LogP contribution in [0.3, 0.4) is 0 Å².